The maximum atomic E-state index is 13.2. The molecule has 0 bridgehead atoms. The molecule has 0 saturated carbocycles. The first kappa shape index (κ1) is 26.5. The Hall–Kier alpha value is -3.61. The van der Waals surface area contributed by atoms with Crippen molar-refractivity contribution in [2.45, 2.75) is 26.7 Å². The summed E-state index contributed by atoms with van der Waals surface area (Å²) < 4.78 is 1.61. The Balaban J connectivity index is 1.61. The van der Waals surface area contributed by atoms with Gasteiger partial charge in [-0.1, -0.05) is 84.6 Å². The third-order valence-electron chi connectivity index (χ3n) is 5.90. The molecule has 1 aromatic heterocycles. The lowest BCUT2D eigenvalue weighted by Gasteiger charge is -2.22. The monoisotopic (exact) mass is 534 g/mol. The van der Waals surface area contributed by atoms with Crippen molar-refractivity contribution in [3.8, 4) is 16.9 Å². The van der Waals surface area contributed by atoms with E-state index in [9.17, 15) is 9.59 Å². The lowest BCUT2D eigenvalue weighted by Crippen LogP contribution is -2.39. The number of aromatic nitrogens is 2. The summed E-state index contributed by atoms with van der Waals surface area (Å²) in [7, 11) is 0. The van der Waals surface area contributed by atoms with Crippen LogP contribution in [0.4, 0.5) is 5.82 Å². The molecule has 2 amide bonds. The van der Waals surface area contributed by atoms with E-state index in [4.69, 9.17) is 28.3 Å². The van der Waals surface area contributed by atoms with Gasteiger partial charge in [-0.05, 0) is 43.7 Å². The van der Waals surface area contributed by atoms with Crippen molar-refractivity contribution in [1.29, 1.82) is 0 Å². The minimum absolute atomic E-state index is 0.0834. The number of benzene rings is 3. The van der Waals surface area contributed by atoms with Crippen molar-refractivity contribution in [3.05, 3.63) is 100 Å². The molecule has 4 aromatic rings. The molecule has 0 aliphatic rings. The zero-order chi connectivity index (χ0) is 26.4. The van der Waals surface area contributed by atoms with Crippen LogP contribution in [0.3, 0.4) is 0 Å². The quantitative estimate of drug-likeness (QED) is 0.250. The second-order valence-electron chi connectivity index (χ2n) is 8.79. The van der Waals surface area contributed by atoms with Gasteiger partial charge in [-0.2, -0.15) is 5.10 Å². The van der Waals surface area contributed by atoms with E-state index in [1.165, 1.54) is 0 Å². The molecule has 6 nitrogen and oxygen atoms in total. The van der Waals surface area contributed by atoms with E-state index in [1.807, 2.05) is 49.4 Å². The van der Waals surface area contributed by atoms with Crippen LogP contribution >= 0.6 is 23.2 Å². The topological polar surface area (TPSA) is 67.2 Å². The Morgan fingerprint density at radius 3 is 2.35 bits per heavy atom. The first-order valence-corrected chi connectivity index (χ1v) is 12.9. The summed E-state index contributed by atoms with van der Waals surface area (Å²) in [6.45, 7) is 4.42. The van der Waals surface area contributed by atoms with E-state index in [2.05, 4.69) is 12.2 Å². The molecule has 0 aliphatic carbocycles. The highest BCUT2D eigenvalue weighted by atomic mass is 35.5. The molecule has 190 valence electrons. The number of hydrogen-bond acceptors (Lipinski definition) is 3. The number of carbonyl (C=O) groups excluding carboxylic acids is 2. The Bertz CT molecular complexity index is 1390. The number of halogens is 2. The molecule has 37 heavy (non-hydrogen) atoms. The normalized spacial score (nSPS) is 10.8. The lowest BCUT2D eigenvalue weighted by molar-refractivity contribution is -0.116. The molecule has 0 unspecified atom stereocenters. The highest BCUT2D eigenvalue weighted by molar-refractivity contribution is 6.42. The Kier molecular flexibility index (Phi) is 8.64. The molecular formula is C29H28Cl2N4O2. The molecule has 4 rings (SSSR count). The van der Waals surface area contributed by atoms with E-state index in [0.29, 0.717) is 39.4 Å². The number of nitrogens with one attached hydrogen (secondary N) is 1. The van der Waals surface area contributed by atoms with Crippen LogP contribution < -0.4 is 5.32 Å². The van der Waals surface area contributed by atoms with E-state index < -0.39 is 0 Å². The van der Waals surface area contributed by atoms with Crippen molar-refractivity contribution in [2.24, 2.45) is 0 Å². The van der Waals surface area contributed by atoms with Gasteiger partial charge in [0.15, 0.2) is 0 Å². The molecule has 0 saturated heterocycles. The zero-order valence-electron chi connectivity index (χ0n) is 20.7. The van der Waals surface area contributed by atoms with Crippen LogP contribution in [-0.2, 0) is 4.79 Å². The smallest absolute Gasteiger partial charge is 0.254 e. The fourth-order valence-electron chi connectivity index (χ4n) is 3.87. The summed E-state index contributed by atoms with van der Waals surface area (Å²) >= 11 is 12.4. The van der Waals surface area contributed by atoms with Gasteiger partial charge in [0.1, 0.15) is 12.4 Å². The van der Waals surface area contributed by atoms with Gasteiger partial charge in [-0.15, -0.1) is 0 Å². The highest BCUT2D eigenvalue weighted by Crippen LogP contribution is 2.29. The summed E-state index contributed by atoms with van der Waals surface area (Å²) in [4.78, 5) is 28.0. The lowest BCUT2D eigenvalue weighted by atomic mass is 10.1. The van der Waals surface area contributed by atoms with Crippen LogP contribution in [0.5, 0.6) is 0 Å². The molecule has 8 heteroatoms. The molecule has 0 aliphatic heterocycles. The predicted octanol–water partition coefficient (Wildman–Crippen LogP) is 7.04. The maximum absolute atomic E-state index is 13.2. The summed E-state index contributed by atoms with van der Waals surface area (Å²) in [6, 6.07) is 24.0. The van der Waals surface area contributed by atoms with Gasteiger partial charge in [0.05, 0.1) is 21.4 Å². The van der Waals surface area contributed by atoms with Gasteiger partial charge in [-0.3, -0.25) is 9.59 Å². The molecule has 0 spiro atoms. The summed E-state index contributed by atoms with van der Waals surface area (Å²) in [5.74, 6) is -0.0376. The van der Waals surface area contributed by atoms with Crippen molar-refractivity contribution >= 4 is 40.8 Å². The first-order chi connectivity index (χ1) is 17.9. The number of rotatable bonds is 9. The van der Waals surface area contributed by atoms with Crippen LogP contribution in [-0.4, -0.2) is 39.6 Å². The van der Waals surface area contributed by atoms with Gasteiger partial charge in [0.2, 0.25) is 5.91 Å². The first-order valence-electron chi connectivity index (χ1n) is 12.1. The average Bonchev–Trinajstić information content (AvgIpc) is 3.32. The van der Waals surface area contributed by atoms with Crippen molar-refractivity contribution in [3.63, 3.8) is 0 Å². The highest BCUT2D eigenvalue weighted by Gasteiger charge is 2.21. The number of unbranched alkanes of at least 4 members (excludes halogenated alkanes) is 1. The van der Waals surface area contributed by atoms with E-state index in [0.717, 1.165) is 24.0 Å². The van der Waals surface area contributed by atoms with Crippen LogP contribution in [0.25, 0.3) is 16.9 Å². The molecule has 0 radical (unpaired) electrons. The molecule has 3 aromatic carbocycles. The molecular weight excluding hydrogens is 507 g/mol. The summed E-state index contributed by atoms with van der Waals surface area (Å²) in [5.41, 5.74) is 3.85. The van der Waals surface area contributed by atoms with E-state index in [1.54, 1.807) is 46.0 Å². The largest absolute Gasteiger partial charge is 0.329 e. The fourth-order valence-corrected chi connectivity index (χ4v) is 4.16. The number of aryl methyl sites for hydroxylation is 1. The number of amides is 2. The maximum Gasteiger partial charge on any atom is 0.254 e. The standard InChI is InChI=1S/C29H28Cl2N4O2/c1-3-4-16-34(29(37)22-12-10-20(2)11-13-22)19-28(36)32-27-18-26(21-8-6-5-7-9-21)33-35(27)23-14-15-24(30)25(31)17-23/h5-15,17-18H,3-4,16,19H2,1-2H3,(H,32,36). The summed E-state index contributed by atoms with van der Waals surface area (Å²) in [6.07, 6.45) is 1.70. The summed E-state index contributed by atoms with van der Waals surface area (Å²) in [5, 5.41) is 8.46. The molecule has 1 N–H and O–H groups in total. The van der Waals surface area contributed by atoms with Gasteiger partial charge in [-0.25, -0.2) is 4.68 Å². The number of carbonyl (C=O) groups is 2. The zero-order valence-corrected chi connectivity index (χ0v) is 22.3. The minimum atomic E-state index is -0.322. The van der Waals surface area contributed by atoms with Crippen LogP contribution in [0.15, 0.2) is 78.9 Å². The molecule has 0 fully saturated rings. The third kappa shape index (κ3) is 6.59. The Morgan fingerprint density at radius 2 is 1.68 bits per heavy atom. The van der Waals surface area contributed by atoms with E-state index in [-0.39, 0.29) is 18.4 Å². The average molecular weight is 535 g/mol. The fraction of sp³-hybridized carbons (Fsp3) is 0.207. The third-order valence-corrected chi connectivity index (χ3v) is 6.63. The molecule has 1 heterocycles. The number of anilines is 1. The van der Waals surface area contributed by atoms with Crippen LogP contribution in [0, 0.1) is 6.92 Å². The Morgan fingerprint density at radius 1 is 0.946 bits per heavy atom. The van der Waals surface area contributed by atoms with Gasteiger partial charge < -0.3 is 10.2 Å². The Labute approximate surface area is 226 Å². The number of hydrogen-bond donors (Lipinski definition) is 1. The van der Waals surface area contributed by atoms with Crippen LogP contribution in [0.1, 0.15) is 35.7 Å². The van der Waals surface area contributed by atoms with Crippen molar-refractivity contribution < 1.29 is 9.59 Å². The van der Waals surface area contributed by atoms with Crippen molar-refractivity contribution in [2.75, 3.05) is 18.4 Å². The predicted molar refractivity (Wildman–Crippen MR) is 150 cm³/mol. The van der Waals surface area contributed by atoms with Crippen molar-refractivity contribution in [1.82, 2.24) is 14.7 Å². The van der Waals surface area contributed by atoms with Crippen LogP contribution in [0.2, 0.25) is 10.0 Å². The van der Waals surface area contributed by atoms with E-state index >= 15 is 0 Å². The van der Waals surface area contributed by atoms with Gasteiger partial charge >= 0.3 is 0 Å². The van der Waals surface area contributed by atoms with Gasteiger partial charge in [0, 0.05) is 23.7 Å². The second-order valence-corrected chi connectivity index (χ2v) is 9.60. The number of nitrogens with zero attached hydrogens (tertiary/aromatic N) is 3. The second kappa shape index (κ2) is 12.1. The minimum Gasteiger partial charge on any atom is -0.329 e. The molecule has 0 atom stereocenters. The van der Waals surface area contributed by atoms with Gasteiger partial charge in [0.25, 0.3) is 5.91 Å². The SMILES string of the molecule is CCCCN(CC(=O)Nc1cc(-c2ccccc2)nn1-c1ccc(Cl)c(Cl)c1)C(=O)c1ccc(C)cc1.